The Morgan fingerprint density at radius 3 is 2.53 bits per heavy atom. The predicted octanol–water partition coefficient (Wildman–Crippen LogP) is 3.41. The zero-order chi connectivity index (χ0) is 13.1. The van der Waals surface area contributed by atoms with Gasteiger partial charge in [-0.05, 0) is 18.6 Å². The van der Waals surface area contributed by atoms with Gasteiger partial charge in [-0.1, -0.05) is 13.0 Å². The summed E-state index contributed by atoms with van der Waals surface area (Å²) in [7, 11) is 0. The molecule has 6 heteroatoms. The van der Waals surface area contributed by atoms with Crippen LogP contribution in [-0.2, 0) is 10.9 Å². The van der Waals surface area contributed by atoms with Gasteiger partial charge < -0.3 is 4.74 Å². The number of benzene rings is 1. The van der Waals surface area contributed by atoms with E-state index in [0.29, 0.717) is 12.5 Å². The van der Waals surface area contributed by atoms with Gasteiger partial charge in [-0.15, -0.1) is 0 Å². The van der Waals surface area contributed by atoms with Gasteiger partial charge in [-0.2, -0.15) is 13.2 Å². The first-order valence-electron chi connectivity index (χ1n) is 4.90. The molecule has 17 heavy (non-hydrogen) atoms. The second kappa shape index (κ2) is 5.16. The van der Waals surface area contributed by atoms with Crippen molar-refractivity contribution in [1.82, 2.24) is 0 Å². The predicted molar refractivity (Wildman–Crippen MR) is 52.0 cm³/mol. The quantitative estimate of drug-likeness (QED) is 0.607. The van der Waals surface area contributed by atoms with E-state index in [0.717, 1.165) is 12.1 Å². The number of alkyl halides is 3. The van der Waals surface area contributed by atoms with Crippen molar-refractivity contribution in [2.45, 2.75) is 19.5 Å². The van der Waals surface area contributed by atoms with Crippen LogP contribution in [0.1, 0.15) is 29.3 Å². The summed E-state index contributed by atoms with van der Waals surface area (Å²) in [5, 5.41) is 0. The van der Waals surface area contributed by atoms with E-state index in [-0.39, 0.29) is 6.61 Å². The van der Waals surface area contributed by atoms with E-state index in [1.165, 1.54) is 0 Å². The summed E-state index contributed by atoms with van der Waals surface area (Å²) in [6.45, 7) is 1.75. The lowest BCUT2D eigenvalue weighted by atomic mass is 10.1. The van der Waals surface area contributed by atoms with Gasteiger partial charge in [-0.3, -0.25) is 0 Å². The Morgan fingerprint density at radius 1 is 1.35 bits per heavy atom. The monoisotopic (exact) mass is 250 g/mol. The fourth-order valence-corrected chi connectivity index (χ4v) is 1.18. The van der Waals surface area contributed by atoms with Crippen molar-refractivity contribution in [3.8, 4) is 0 Å². The molecule has 94 valence electrons. The molecule has 0 radical (unpaired) electrons. The van der Waals surface area contributed by atoms with Crippen LogP contribution in [0.2, 0.25) is 0 Å². The number of hydrogen-bond donors (Lipinski definition) is 0. The summed E-state index contributed by atoms with van der Waals surface area (Å²) in [5.74, 6) is -2.68. The van der Waals surface area contributed by atoms with Crippen LogP contribution in [0, 0.1) is 5.82 Å². The summed E-state index contributed by atoms with van der Waals surface area (Å²) in [6, 6.07) is 2.50. The van der Waals surface area contributed by atoms with E-state index in [9.17, 15) is 22.4 Å². The van der Waals surface area contributed by atoms with Crippen molar-refractivity contribution in [1.29, 1.82) is 0 Å². The Morgan fingerprint density at radius 2 is 2.00 bits per heavy atom. The standard InChI is InChI=1S/C11H10F4O2/c1-2-6-17-10(16)7-4-3-5-8(9(7)12)11(13,14)15/h3-5H,2,6H2,1H3. The Bertz CT molecular complexity index is 412. The van der Waals surface area contributed by atoms with Crippen molar-refractivity contribution < 1.29 is 27.1 Å². The molecule has 0 fully saturated rings. The molecule has 0 bridgehead atoms. The van der Waals surface area contributed by atoms with Crippen LogP contribution < -0.4 is 0 Å². The van der Waals surface area contributed by atoms with E-state index in [1.807, 2.05) is 0 Å². The zero-order valence-electron chi connectivity index (χ0n) is 8.97. The third-order valence-corrected chi connectivity index (χ3v) is 1.96. The van der Waals surface area contributed by atoms with Crippen LogP contribution in [0.15, 0.2) is 18.2 Å². The van der Waals surface area contributed by atoms with Gasteiger partial charge in [0.1, 0.15) is 5.82 Å². The van der Waals surface area contributed by atoms with Crippen molar-refractivity contribution in [3.05, 3.63) is 35.1 Å². The van der Waals surface area contributed by atoms with Gasteiger partial charge in [0.05, 0.1) is 17.7 Å². The first-order valence-corrected chi connectivity index (χ1v) is 4.90. The largest absolute Gasteiger partial charge is 0.462 e. The van der Waals surface area contributed by atoms with E-state index >= 15 is 0 Å². The van der Waals surface area contributed by atoms with Gasteiger partial charge in [-0.25, -0.2) is 9.18 Å². The SMILES string of the molecule is CCCOC(=O)c1cccc(C(F)(F)F)c1F. The number of carbonyl (C=O) groups is 1. The molecule has 0 spiro atoms. The van der Waals surface area contributed by atoms with E-state index in [4.69, 9.17) is 0 Å². The molecule has 0 unspecified atom stereocenters. The minimum absolute atomic E-state index is 0.0362. The van der Waals surface area contributed by atoms with Crippen LogP contribution in [0.3, 0.4) is 0 Å². The Balaban J connectivity index is 3.06. The van der Waals surface area contributed by atoms with Crippen LogP contribution in [0.25, 0.3) is 0 Å². The number of carbonyl (C=O) groups excluding carboxylic acids is 1. The van der Waals surface area contributed by atoms with Crippen molar-refractivity contribution in [2.24, 2.45) is 0 Å². The topological polar surface area (TPSA) is 26.3 Å². The van der Waals surface area contributed by atoms with Crippen LogP contribution in [0.5, 0.6) is 0 Å². The fraction of sp³-hybridized carbons (Fsp3) is 0.364. The second-order valence-corrected chi connectivity index (χ2v) is 3.30. The number of rotatable bonds is 3. The first kappa shape index (κ1) is 13.5. The Labute approximate surface area is 95.2 Å². The highest BCUT2D eigenvalue weighted by Gasteiger charge is 2.35. The molecule has 0 heterocycles. The van der Waals surface area contributed by atoms with Gasteiger partial charge in [0.15, 0.2) is 0 Å². The molecule has 1 aromatic carbocycles. The molecular formula is C11H10F4O2. The summed E-state index contributed by atoms with van der Waals surface area (Å²) in [4.78, 5) is 11.3. The smallest absolute Gasteiger partial charge is 0.419 e. The van der Waals surface area contributed by atoms with Crippen molar-refractivity contribution in [3.63, 3.8) is 0 Å². The molecule has 0 aliphatic rings. The summed E-state index contributed by atoms with van der Waals surface area (Å²) in [5.41, 5.74) is -2.17. The molecule has 0 N–H and O–H groups in total. The highest BCUT2D eigenvalue weighted by molar-refractivity contribution is 5.90. The second-order valence-electron chi connectivity index (χ2n) is 3.30. The Kier molecular flexibility index (Phi) is 4.09. The number of esters is 1. The average Bonchev–Trinajstić information content (AvgIpc) is 2.24. The van der Waals surface area contributed by atoms with Gasteiger partial charge in [0.25, 0.3) is 0 Å². The van der Waals surface area contributed by atoms with Gasteiger partial charge >= 0.3 is 12.1 Å². The van der Waals surface area contributed by atoms with E-state index in [1.54, 1.807) is 6.92 Å². The summed E-state index contributed by atoms with van der Waals surface area (Å²) >= 11 is 0. The van der Waals surface area contributed by atoms with Crippen molar-refractivity contribution >= 4 is 5.97 Å². The molecule has 0 amide bonds. The van der Waals surface area contributed by atoms with E-state index in [2.05, 4.69) is 4.74 Å². The molecule has 1 aromatic rings. The third-order valence-electron chi connectivity index (χ3n) is 1.96. The summed E-state index contributed by atoms with van der Waals surface area (Å²) in [6.07, 6.45) is -4.32. The maximum Gasteiger partial charge on any atom is 0.419 e. The maximum absolute atomic E-state index is 13.4. The van der Waals surface area contributed by atoms with Crippen molar-refractivity contribution in [2.75, 3.05) is 6.61 Å². The molecule has 0 saturated heterocycles. The first-order chi connectivity index (χ1) is 7.88. The zero-order valence-corrected chi connectivity index (χ0v) is 8.97. The average molecular weight is 250 g/mol. The molecule has 0 aromatic heterocycles. The number of ether oxygens (including phenoxy) is 1. The minimum atomic E-state index is -4.83. The van der Waals surface area contributed by atoms with Crippen LogP contribution in [-0.4, -0.2) is 12.6 Å². The van der Waals surface area contributed by atoms with Crippen LogP contribution in [0.4, 0.5) is 17.6 Å². The maximum atomic E-state index is 13.4. The molecule has 2 nitrogen and oxygen atoms in total. The summed E-state index contributed by atoms with van der Waals surface area (Å²) < 4.78 is 55.1. The van der Waals surface area contributed by atoms with Gasteiger partial charge in [0, 0.05) is 0 Å². The lowest BCUT2D eigenvalue weighted by Crippen LogP contribution is -2.14. The third kappa shape index (κ3) is 3.18. The molecule has 1 rings (SSSR count). The number of hydrogen-bond acceptors (Lipinski definition) is 2. The normalized spacial score (nSPS) is 11.4. The van der Waals surface area contributed by atoms with E-state index < -0.39 is 29.1 Å². The lowest BCUT2D eigenvalue weighted by Gasteiger charge is -2.10. The molecule has 0 aliphatic heterocycles. The molecular weight excluding hydrogens is 240 g/mol. The fourth-order valence-electron chi connectivity index (χ4n) is 1.18. The highest BCUT2D eigenvalue weighted by atomic mass is 19.4. The molecule has 0 aliphatic carbocycles. The molecule has 0 saturated carbocycles. The minimum Gasteiger partial charge on any atom is -0.462 e. The Hall–Kier alpha value is -1.59. The van der Waals surface area contributed by atoms with Crippen LogP contribution >= 0.6 is 0 Å². The molecule has 0 atom stereocenters. The van der Waals surface area contributed by atoms with Gasteiger partial charge in [0.2, 0.25) is 0 Å². The lowest BCUT2D eigenvalue weighted by molar-refractivity contribution is -0.140. The number of halogens is 4. The highest BCUT2D eigenvalue weighted by Crippen LogP contribution is 2.32.